The van der Waals surface area contributed by atoms with Crippen molar-refractivity contribution in [2.24, 2.45) is 17.8 Å². The molecule has 1 aliphatic carbocycles. The Kier molecular flexibility index (Phi) is 4.06. The van der Waals surface area contributed by atoms with Crippen LogP contribution in [0.5, 0.6) is 0 Å². The molecule has 0 aromatic carbocycles. The molecular weight excluding hydrogens is 264 g/mol. The van der Waals surface area contributed by atoms with Crippen LogP contribution in [-0.2, 0) is 9.53 Å². The van der Waals surface area contributed by atoms with Crippen LogP contribution in [0, 0.1) is 17.8 Å². The van der Waals surface area contributed by atoms with Crippen LogP contribution >= 0.6 is 0 Å². The molecule has 6 atom stereocenters. The predicted molar refractivity (Wildman–Crippen MR) is 81.8 cm³/mol. The lowest BCUT2D eigenvalue weighted by Gasteiger charge is -2.37. The molecule has 2 bridgehead atoms. The smallest absolute Gasteiger partial charge is 0.139 e. The molecule has 0 aromatic rings. The molecular formula is C18H26O3. The highest BCUT2D eigenvalue weighted by Gasteiger charge is 2.54. The Bertz CT molecular complexity index is 479. The van der Waals surface area contributed by atoms with Crippen molar-refractivity contribution < 1.29 is 14.6 Å². The number of Topliss-reactive ketones (excluding diaryl/α,β-unsaturated/α-hetero) is 1. The van der Waals surface area contributed by atoms with Crippen molar-refractivity contribution in [1.29, 1.82) is 0 Å². The summed E-state index contributed by atoms with van der Waals surface area (Å²) in [5, 5.41) is 10.5. The van der Waals surface area contributed by atoms with E-state index < -0.39 is 6.10 Å². The summed E-state index contributed by atoms with van der Waals surface area (Å²) in [6, 6.07) is 0. The van der Waals surface area contributed by atoms with Crippen LogP contribution in [0.4, 0.5) is 0 Å². The van der Waals surface area contributed by atoms with Crippen molar-refractivity contribution in [3.8, 4) is 0 Å². The van der Waals surface area contributed by atoms with Crippen LogP contribution in [0.1, 0.15) is 46.0 Å². The lowest BCUT2D eigenvalue weighted by atomic mass is 9.65. The first-order valence-electron chi connectivity index (χ1n) is 8.16. The van der Waals surface area contributed by atoms with Crippen molar-refractivity contribution in [2.45, 2.75) is 64.3 Å². The highest BCUT2D eigenvalue weighted by Crippen LogP contribution is 2.49. The maximum Gasteiger partial charge on any atom is 0.139 e. The second-order valence-electron chi connectivity index (χ2n) is 7.10. The standard InChI is InChI=1S/C18H26O3/c1-10(2)12-7-8-13(19)17-15-9-11(3)5-4-6-14(20)18(21-15)16(12)17/h5,12,14-18,20H,1,4,6-9H2,2-3H3/b11-5-/t12-,14+,15-,16-,17-,18+/m1/s1. The van der Waals surface area contributed by atoms with Crippen LogP contribution in [0.2, 0.25) is 0 Å². The summed E-state index contributed by atoms with van der Waals surface area (Å²) in [5.74, 6) is 0.697. The molecule has 3 nitrogen and oxygen atoms in total. The number of aliphatic hydroxyl groups is 1. The second-order valence-corrected chi connectivity index (χ2v) is 7.10. The Balaban J connectivity index is 1.98. The summed E-state index contributed by atoms with van der Waals surface area (Å²) in [5.41, 5.74) is 2.40. The van der Waals surface area contributed by atoms with E-state index in [1.54, 1.807) is 0 Å². The van der Waals surface area contributed by atoms with Gasteiger partial charge in [0.1, 0.15) is 5.78 Å². The number of ketones is 1. The summed E-state index contributed by atoms with van der Waals surface area (Å²) < 4.78 is 6.21. The first-order chi connectivity index (χ1) is 9.99. The normalized spacial score (nSPS) is 45.9. The van der Waals surface area contributed by atoms with E-state index in [9.17, 15) is 9.90 Å². The zero-order valence-corrected chi connectivity index (χ0v) is 13.0. The molecule has 1 N–H and O–H groups in total. The maximum atomic E-state index is 12.5. The van der Waals surface area contributed by atoms with Gasteiger partial charge in [-0.2, -0.15) is 0 Å². The van der Waals surface area contributed by atoms with Gasteiger partial charge < -0.3 is 9.84 Å². The van der Waals surface area contributed by atoms with E-state index in [4.69, 9.17) is 4.74 Å². The molecule has 1 saturated carbocycles. The maximum absolute atomic E-state index is 12.5. The van der Waals surface area contributed by atoms with Crippen LogP contribution in [0.3, 0.4) is 0 Å². The number of allylic oxidation sites excluding steroid dienone is 2. The third-order valence-corrected chi connectivity index (χ3v) is 5.56. The summed E-state index contributed by atoms with van der Waals surface area (Å²) in [6.45, 7) is 8.27. The number of hydrogen-bond donors (Lipinski definition) is 1. The zero-order chi connectivity index (χ0) is 15.1. The quantitative estimate of drug-likeness (QED) is 0.755. The average molecular weight is 290 g/mol. The highest BCUT2D eigenvalue weighted by molar-refractivity contribution is 5.83. The first-order valence-corrected chi connectivity index (χ1v) is 8.16. The first kappa shape index (κ1) is 15.0. The van der Waals surface area contributed by atoms with E-state index in [1.165, 1.54) is 5.57 Å². The largest absolute Gasteiger partial charge is 0.390 e. The minimum atomic E-state index is -0.475. The summed E-state index contributed by atoms with van der Waals surface area (Å²) >= 11 is 0. The van der Waals surface area contributed by atoms with E-state index in [0.29, 0.717) is 18.1 Å². The number of ether oxygens (including phenoxy) is 1. The fraction of sp³-hybridized carbons (Fsp3) is 0.722. The summed E-state index contributed by atoms with van der Waals surface area (Å²) in [4.78, 5) is 12.5. The topological polar surface area (TPSA) is 46.5 Å². The molecule has 2 heterocycles. The number of rotatable bonds is 1. The Labute approximate surface area is 127 Å². The lowest BCUT2D eigenvalue weighted by molar-refractivity contribution is -0.128. The Hall–Kier alpha value is -0.930. The minimum absolute atomic E-state index is 0.0541. The number of fused-ring (bicyclic) bond motifs is 5. The molecule has 0 aromatic heterocycles. The van der Waals surface area contributed by atoms with Crippen molar-refractivity contribution in [3.05, 3.63) is 23.8 Å². The van der Waals surface area contributed by atoms with Gasteiger partial charge in [0.15, 0.2) is 0 Å². The Morgan fingerprint density at radius 3 is 2.90 bits per heavy atom. The van der Waals surface area contributed by atoms with Gasteiger partial charge in [-0.3, -0.25) is 4.79 Å². The molecule has 0 radical (unpaired) electrons. The van der Waals surface area contributed by atoms with Gasteiger partial charge in [0.2, 0.25) is 0 Å². The number of carbonyl (C=O) groups is 1. The molecule has 2 fully saturated rings. The monoisotopic (exact) mass is 290 g/mol. The van der Waals surface area contributed by atoms with Gasteiger partial charge in [0, 0.05) is 12.3 Å². The molecule has 3 rings (SSSR count). The molecule has 21 heavy (non-hydrogen) atoms. The van der Waals surface area contributed by atoms with Crippen molar-refractivity contribution in [1.82, 2.24) is 0 Å². The van der Waals surface area contributed by atoms with Gasteiger partial charge in [0.05, 0.1) is 24.2 Å². The molecule has 0 spiro atoms. The Morgan fingerprint density at radius 2 is 2.19 bits per heavy atom. The average Bonchev–Trinajstić information content (AvgIpc) is 2.80. The van der Waals surface area contributed by atoms with E-state index in [2.05, 4.69) is 19.6 Å². The van der Waals surface area contributed by atoms with E-state index >= 15 is 0 Å². The molecule has 3 aliphatic rings. The van der Waals surface area contributed by atoms with Gasteiger partial charge in [-0.05, 0) is 45.4 Å². The van der Waals surface area contributed by atoms with Gasteiger partial charge in [0.25, 0.3) is 0 Å². The molecule has 116 valence electrons. The van der Waals surface area contributed by atoms with Crippen LogP contribution in [-0.4, -0.2) is 29.2 Å². The van der Waals surface area contributed by atoms with Gasteiger partial charge >= 0.3 is 0 Å². The number of aliphatic hydroxyl groups excluding tert-OH is 1. The van der Waals surface area contributed by atoms with Crippen molar-refractivity contribution in [3.63, 3.8) is 0 Å². The SMILES string of the molecule is C=C(C)[C@H]1CCC(=O)[C@H]2[C@@H]1[C@H]1O[C@@H]2C/C(C)=C\CC[C@@H]1O. The lowest BCUT2D eigenvalue weighted by Crippen LogP contribution is -2.43. The third kappa shape index (κ3) is 2.62. The third-order valence-electron chi connectivity index (χ3n) is 5.56. The summed E-state index contributed by atoms with van der Waals surface area (Å²) in [7, 11) is 0. The van der Waals surface area contributed by atoms with Crippen LogP contribution in [0.25, 0.3) is 0 Å². The van der Waals surface area contributed by atoms with E-state index in [-0.39, 0.29) is 24.0 Å². The van der Waals surface area contributed by atoms with Gasteiger partial charge in [-0.15, -0.1) is 0 Å². The molecule has 1 saturated heterocycles. The minimum Gasteiger partial charge on any atom is -0.390 e. The number of carbonyl (C=O) groups excluding carboxylic acids is 1. The second kappa shape index (κ2) is 5.69. The van der Waals surface area contributed by atoms with Crippen molar-refractivity contribution in [2.75, 3.05) is 0 Å². The highest BCUT2D eigenvalue weighted by atomic mass is 16.5. The molecule has 2 aliphatic heterocycles. The van der Waals surface area contributed by atoms with Crippen molar-refractivity contribution >= 4 is 5.78 Å². The molecule has 0 unspecified atom stereocenters. The Morgan fingerprint density at radius 1 is 1.43 bits per heavy atom. The van der Waals surface area contributed by atoms with Gasteiger partial charge in [-0.1, -0.05) is 23.8 Å². The fourth-order valence-electron chi connectivity index (χ4n) is 4.55. The van der Waals surface area contributed by atoms with E-state index in [0.717, 1.165) is 31.3 Å². The molecule has 3 heteroatoms. The van der Waals surface area contributed by atoms with Crippen LogP contribution in [0.15, 0.2) is 23.8 Å². The van der Waals surface area contributed by atoms with Crippen LogP contribution < -0.4 is 0 Å². The number of hydrogen-bond acceptors (Lipinski definition) is 3. The van der Waals surface area contributed by atoms with Gasteiger partial charge in [-0.25, -0.2) is 0 Å². The molecule has 0 amide bonds. The predicted octanol–water partition coefficient (Wildman–Crippen LogP) is 3.03. The van der Waals surface area contributed by atoms with E-state index in [1.807, 2.05) is 6.92 Å². The zero-order valence-electron chi connectivity index (χ0n) is 13.0. The fourth-order valence-corrected chi connectivity index (χ4v) is 4.55. The summed E-state index contributed by atoms with van der Waals surface area (Å²) in [6.07, 6.45) is 5.37.